The molecule has 2 heterocycles. The lowest BCUT2D eigenvalue weighted by Crippen LogP contribution is -2.42. The molecule has 108 valence electrons. The highest BCUT2D eigenvalue weighted by Gasteiger charge is 2.38. The number of hydrazine groups is 1. The molecule has 1 spiro atoms. The van der Waals surface area contributed by atoms with Crippen LogP contribution in [0.2, 0.25) is 0 Å². The number of amides is 1. The number of nitrogen functional groups attached to an aromatic ring is 1. The molecule has 20 heavy (non-hydrogen) atoms. The van der Waals surface area contributed by atoms with E-state index in [1.807, 2.05) is 4.90 Å². The Kier molecular flexibility index (Phi) is 3.61. The summed E-state index contributed by atoms with van der Waals surface area (Å²) in [6, 6.07) is 1.73. The van der Waals surface area contributed by atoms with Gasteiger partial charge in [-0.3, -0.25) is 15.6 Å². The van der Waals surface area contributed by atoms with Gasteiger partial charge in [-0.25, -0.2) is 0 Å². The summed E-state index contributed by atoms with van der Waals surface area (Å²) in [5.74, 6) is 5.51. The van der Waals surface area contributed by atoms with Crippen molar-refractivity contribution >= 4 is 11.6 Å². The maximum atomic E-state index is 12.6. The Hall–Kier alpha value is -1.62. The molecule has 1 saturated heterocycles. The summed E-state index contributed by atoms with van der Waals surface area (Å²) < 4.78 is 0. The van der Waals surface area contributed by atoms with Crippen LogP contribution in [0, 0.1) is 5.41 Å². The number of pyridine rings is 1. The van der Waals surface area contributed by atoms with Gasteiger partial charge in [0.05, 0.1) is 17.4 Å². The second-order valence-corrected chi connectivity index (χ2v) is 6.06. The van der Waals surface area contributed by atoms with Crippen LogP contribution in [-0.2, 0) is 0 Å². The fraction of sp³-hybridized carbons (Fsp3) is 0.600. The van der Waals surface area contributed by atoms with Crippen LogP contribution in [0.25, 0.3) is 0 Å². The summed E-state index contributed by atoms with van der Waals surface area (Å²) >= 11 is 0. The lowest BCUT2D eigenvalue weighted by molar-refractivity contribution is 0.0588. The Morgan fingerprint density at radius 3 is 2.60 bits per heavy atom. The van der Waals surface area contributed by atoms with Crippen LogP contribution in [0.4, 0.5) is 5.69 Å². The highest BCUT2D eigenvalue weighted by Crippen LogP contribution is 2.46. The third-order valence-corrected chi connectivity index (χ3v) is 4.98. The van der Waals surface area contributed by atoms with Crippen molar-refractivity contribution in [2.75, 3.05) is 18.5 Å². The molecule has 1 aromatic heterocycles. The van der Waals surface area contributed by atoms with Crippen LogP contribution in [0.3, 0.4) is 0 Å². The molecule has 1 aromatic rings. The minimum atomic E-state index is 0.0631. The number of carbonyl (C=O) groups excluding carboxylic acids is 1. The van der Waals surface area contributed by atoms with Gasteiger partial charge in [0.15, 0.2) is 0 Å². The minimum Gasteiger partial charge on any atom is -0.339 e. The molecular weight excluding hydrogens is 252 g/mol. The van der Waals surface area contributed by atoms with Crippen LogP contribution >= 0.6 is 0 Å². The smallest absolute Gasteiger partial charge is 0.256 e. The van der Waals surface area contributed by atoms with Crippen LogP contribution in [0.5, 0.6) is 0 Å². The standard InChI is InChI=1S/C15H22N4O/c16-18-13-11-17-8-3-12(13)14(20)19-9-6-15(7-10-19)4-1-2-5-15/h3,8,11,18H,1-2,4-7,9-10,16H2. The normalized spacial score (nSPS) is 21.1. The van der Waals surface area contributed by atoms with E-state index in [1.165, 1.54) is 25.7 Å². The molecule has 3 N–H and O–H groups in total. The number of hydrogen-bond donors (Lipinski definition) is 2. The largest absolute Gasteiger partial charge is 0.339 e. The number of hydrogen-bond acceptors (Lipinski definition) is 4. The summed E-state index contributed by atoms with van der Waals surface area (Å²) in [4.78, 5) is 18.5. The average molecular weight is 274 g/mol. The van der Waals surface area contributed by atoms with Crippen molar-refractivity contribution < 1.29 is 4.79 Å². The Morgan fingerprint density at radius 1 is 1.25 bits per heavy atom. The van der Waals surface area contributed by atoms with Crippen LogP contribution in [0.15, 0.2) is 18.5 Å². The molecule has 3 rings (SSSR count). The van der Waals surface area contributed by atoms with Crippen molar-refractivity contribution in [3.8, 4) is 0 Å². The first-order valence-electron chi connectivity index (χ1n) is 7.44. The molecule has 0 bridgehead atoms. The molecule has 1 aliphatic heterocycles. The van der Waals surface area contributed by atoms with Crippen LogP contribution < -0.4 is 11.3 Å². The number of likely N-dealkylation sites (tertiary alicyclic amines) is 1. The lowest BCUT2D eigenvalue weighted by atomic mass is 9.77. The van der Waals surface area contributed by atoms with E-state index in [4.69, 9.17) is 5.84 Å². The maximum absolute atomic E-state index is 12.6. The summed E-state index contributed by atoms with van der Waals surface area (Å²) in [5, 5.41) is 0. The fourth-order valence-electron chi connectivity index (χ4n) is 3.68. The minimum absolute atomic E-state index is 0.0631. The van der Waals surface area contributed by atoms with Gasteiger partial charge in [-0.15, -0.1) is 0 Å². The SMILES string of the molecule is NNc1cnccc1C(=O)N1CCC2(CCCC2)CC1. The highest BCUT2D eigenvalue weighted by atomic mass is 16.2. The number of anilines is 1. The van der Waals surface area contributed by atoms with E-state index >= 15 is 0 Å². The van der Waals surface area contributed by atoms with Gasteiger partial charge in [0, 0.05) is 19.3 Å². The molecule has 5 heteroatoms. The Labute approximate surface area is 119 Å². The topological polar surface area (TPSA) is 71.2 Å². The molecule has 0 radical (unpaired) electrons. The van der Waals surface area contributed by atoms with E-state index in [9.17, 15) is 4.79 Å². The maximum Gasteiger partial charge on any atom is 0.256 e. The second-order valence-electron chi connectivity index (χ2n) is 6.06. The quantitative estimate of drug-likeness (QED) is 0.640. The first-order chi connectivity index (χ1) is 9.74. The van der Waals surface area contributed by atoms with Crippen LogP contribution in [-0.4, -0.2) is 28.9 Å². The zero-order chi connectivity index (χ0) is 14.0. The Morgan fingerprint density at radius 2 is 1.95 bits per heavy atom. The summed E-state index contributed by atoms with van der Waals surface area (Å²) in [5.41, 5.74) is 4.30. The van der Waals surface area contributed by atoms with Gasteiger partial charge in [-0.05, 0) is 37.2 Å². The first kappa shape index (κ1) is 13.4. The van der Waals surface area contributed by atoms with Gasteiger partial charge in [-0.1, -0.05) is 12.8 Å². The van der Waals surface area contributed by atoms with Crippen molar-refractivity contribution in [2.24, 2.45) is 11.3 Å². The molecule has 5 nitrogen and oxygen atoms in total. The zero-order valence-corrected chi connectivity index (χ0v) is 11.8. The number of carbonyl (C=O) groups is 1. The zero-order valence-electron chi connectivity index (χ0n) is 11.8. The van der Waals surface area contributed by atoms with Gasteiger partial charge >= 0.3 is 0 Å². The Balaban J connectivity index is 1.70. The van der Waals surface area contributed by atoms with E-state index in [0.717, 1.165) is 25.9 Å². The second kappa shape index (κ2) is 5.40. The summed E-state index contributed by atoms with van der Waals surface area (Å²) in [6.45, 7) is 1.73. The molecule has 1 aliphatic carbocycles. The van der Waals surface area contributed by atoms with Crippen molar-refractivity contribution in [1.82, 2.24) is 9.88 Å². The number of nitrogens with one attached hydrogen (secondary N) is 1. The van der Waals surface area contributed by atoms with Gasteiger partial charge in [0.2, 0.25) is 0 Å². The Bertz CT molecular complexity index is 486. The average Bonchev–Trinajstić information content (AvgIpc) is 2.95. The van der Waals surface area contributed by atoms with Crippen molar-refractivity contribution in [1.29, 1.82) is 0 Å². The van der Waals surface area contributed by atoms with Crippen molar-refractivity contribution in [2.45, 2.75) is 38.5 Å². The van der Waals surface area contributed by atoms with Crippen molar-refractivity contribution in [3.63, 3.8) is 0 Å². The highest BCUT2D eigenvalue weighted by molar-refractivity contribution is 5.99. The number of nitrogens with two attached hydrogens (primary N) is 1. The predicted molar refractivity (Wildman–Crippen MR) is 78.1 cm³/mol. The van der Waals surface area contributed by atoms with E-state index < -0.39 is 0 Å². The lowest BCUT2D eigenvalue weighted by Gasteiger charge is -2.39. The van der Waals surface area contributed by atoms with E-state index in [0.29, 0.717) is 16.7 Å². The van der Waals surface area contributed by atoms with Gasteiger partial charge in [0.1, 0.15) is 0 Å². The van der Waals surface area contributed by atoms with Gasteiger partial charge in [-0.2, -0.15) is 0 Å². The molecule has 0 aromatic carbocycles. The summed E-state index contributed by atoms with van der Waals surface area (Å²) in [6.07, 6.45) is 10.9. The molecule has 0 atom stereocenters. The number of piperidine rings is 1. The first-order valence-corrected chi connectivity index (χ1v) is 7.44. The van der Waals surface area contributed by atoms with Crippen LogP contribution in [0.1, 0.15) is 48.9 Å². The molecule has 2 aliphatic rings. The molecule has 1 saturated carbocycles. The van der Waals surface area contributed by atoms with E-state index in [-0.39, 0.29) is 5.91 Å². The third kappa shape index (κ3) is 2.38. The van der Waals surface area contributed by atoms with Gasteiger partial charge in [0.25, 0.3) is 5.91 Å². The number of rotatable bonds is 2. The van der Waals surface area contributed by atoms with Gasteiger partial charge < -0.3 is 10.3 Å². The molecular formula is C15H22N4O. The molecule has 1 amide bonds. The predicted octanol–water partition coefficient (Wildman–Crippen LogP) is 2.16. The number of aromatic nitrogens is 1. The number of nitrogens with zero attached hydrogens (tertiary/aromatic N) is 2. The summed E-state index contributed by atoms with van der Waals surface area (Å²) in [7, 11) is 0. The van der Waals surface area contributed by atoms with Crippen molar-refractivity contribution in [3.05, 3.63) is 24.0 Å². The monoisotopic (exact) mass is 274 g/mol. The van der Waals surface area contributed by atoms with E-state index in [2.05, 4.69) is 10.4 Å². The van der Waals surface area contributed by atoms with E-state index in [1.54, 1.807) is 18.5 Å². The molecule has 2 fully saturated rings. The third-order valence-electron chi connectivity index (χ3n) is 4.98. The molecule has 0 unspecified atom stereocenters. The fourth-order valence-corrected chi connectivity index (χ4v) is 3.68.